The highest BCUT2D eigenvalue weighted by molar-refractivity contribution is 7.98. The summed E-state index contributed by atoms with van der Waals surface area (Å²) in [5.74, 6) is 0.873. The Hall–Kier alpha value is -0.810. The lowest BCUT2D eigenvalue weighted by Crippen LogP contribution is -2.12. The minimum atomic E-state index is -0.641. The van der Waals surface area contributed by atoms with Gasteiger partial charge in [0.1, 0.15) is 17.2 Å². The van der Waals surface area contributed by atoms with Gasteiger partial charge in [0.2, 0.25) is 0 Å². The molecule has 0 aliphatic heterocycles. The summed E-state index contributed by atoms with van der Waals surface area (Å²) in [5.41, 5.74) is 0.662. The van der Waals surface area contributed by atoms with Crippen LogP contribution in [0.3, 0.4) is 0 Å². The van der Waals surface area contributed by atoms with E-state index in [0.717, 1.165) is 11.8 Å². The average Bonchev–Trinajstić information content (AvgIpc) is 2.68. The second kappa shape index (κ2) is 6.09. The minimum Gasteiger partial charge on any atom is -0.327 e. The molecule has 0 radical (unpaired) electrons. The summed E-state index contributed by atoms with van der Waals surface area (Å²) in [4.78, 5) is 4.17. The fraction of sp³-hybridized carbons (Fsp3) is 0.462. The molecule has 0 saturated heterocycles. The summed E-state index contributed by atoms with van der Waals surface area (Å²) in [7, 11) is 0. The number of hydrogen-bond donors (Lipinski definition) is 0. The number of benzene rings is 1. The number of fused-ring (bicyclic) bond motifs is 1. The van der Waals surface area contributed by atoms with Crippen molar-refractivity contribution >= 4 is 34.4 Å². The van der Waals surface area contributed by atoms with Gasteiger partial charge in [-0.1, -0.05) is 6.92 Å². The third-order valence-electron chi connectivity index (χ3n) is 2.92. The van der Waals surface area contributed by atoms with E-state index in [1.165, 1.54) is 6.07 Å². The third-order valence-corrected chi connectivity index (χ3v) is 4.06. The molecule has 2 rings (SSSR count). The van der Waals surface area contributed by atoms with Crippen molar-refractivity contribution in [2.75, 3.05) is 12.0 Å². The van der Waals surface area contributed by atoms with E-state index in [1.54, 1.807) is 11.8 Å². The normalized spacial score (nSPS) is 13.1. The lowest BCUT2D eigenvalue weighted by atomic mass is 10.2. The van der Waals surface area contributed by atoms with E-state index >= 15 is 0 Å². The Morgan fingerprint density at radius 1 is 1.42 bits per heavy atom. The van der Waals surface area contributed by atoms with Crippen LogP contribution < -0.4 is 0 Å². The standard InChI is InChI=1S/C13H15ClF2N2S/c1-8(7-19-2)6-18-11-4-9(15)3-10(16)13(11)17-12(18)5-14/h3-4,8H,5-7H2,1-2H3. The van der Waals surface area contributed by atoms with Gasteiger partial charge >= 0.3 is 0 Å². The minimum absolute atomic E-state index is 0.182. The summed E-state index contributed by atoms with van der Waals surface area (Å²) in [5, 5.41) is 0. The molecule has 2 aromatic rings. The number of imidazole rings is 1. The van der Waals surface area contributed by atoms with Gasteiger partial charge < -0.3 is 4.57 Å². The maximum absolute atomic E-state index is 13.7. The van der Waals surface area contributed by atoms with Gasteiger partial charge in [0, 0.05) is 12.6 Å². The summed E-state index contributed by atoms with van der Waals surface area (Å²) in [6.07, 6.45) is 2.03. The molecule has 0 aliphatic carbocycles. The van der Waals surface area contributed by atoms with Gasteiger partial charge in [0.15, 0.2) is 5.82 Å². The van der Waals surface area contributed by atoms with Crippen molar-refractivity contribution in [1.82, 2.24) is 9.55 Å². The highest BCUT2D eigenvalue weighted by Crippen LogP contribution is 2.23. The van der Waals surface area contributed by atoms with Crippen LogP contribution in [0.1, 0.15) is 12.7 Å². The van der Waals surface area contributed by atoms with Crippen molar-refractivity contribution < 1.29 is 8.78 Å². The Kier molecular flexibility index (Phi) is 4.68. The highest BCUT2D eigenvalue weighted by atomic mass is 35.5. The van der Waals surface area contributed by atoms with Gasteiger partial charge in [-0.15, -0.1) is 11.6 Å². The number of aromatic nitrogens is 2. The van der Waals surface area contributed by atoms with Crippen molar-refractivity contribution in [2.45, 2.75) is 19.3 Å². The van der Waals surface area contributed by atoms with Crippen molar-refractivity contribution in [2.24, 2.45) is 5.92 Å². The molecule has 0 fully saturated rings. The van der Waals surface area contributed by atoms with E-state index in [2.05, 4.69) is 11.9 Å². The first-order valence-electron chi connectivity index (χ1n) is 5.95. The molecule has 1 unspecified atom stereocenters. The van der Waals surface area contributed by atoms with E-state index in [4.69, 9.17) is 11.6 Å². The molecule has 104 valence electrons. The lowest BCUT2D eigenvalue weighted by Gasteiger charge is -2.13. The van der Waals surface area contributed by atoms with E-state index in [9.17, 15) is 8.78 Å². The molecule has 19 heavy (non-hydrogen) atoms. The first-order valence-corrected chi connectivity index (χ1v) is 7.88. The molecule has 0 saturated carbocycles. The van der Waals surface area contributed by atoms with Crippen molar-refractivity contribution in [3.05, 3.63) is 29.6 Å². The number of hydrogen-bond acceptors (Lipinski definition) is 2. The zero-order chi connectivity index (χ0) is 14.0. The van der Waals surface area contributed by atoms with Crippen LogP contribution in [0, 0.1) is 17.6 Å². The number of halogens is 3. The van der Waals surface area contributed by atoms with E-state index < -0.39 is 11.6 Å². The van der Waals surface area contributed by atoms with Crippen LogP contribution in [0.5, 0.6) is 0 Å². The monoisotopic (exact) mass is 304 g/mol. The largest absolute Gasteiger partial charge is 0.327 e. The predicted molar refractivity (Wildman–Crippen MR) is 76.8 cm³/mol. The Labute approximate surface area is 120 Å². The van der Waals surface area contributed by atoms with Gasteiger partial charge in [-0.3, -0.25) is 0 Å². The molecular formula is C13H15ClF2N2S. The van der Waals surface area contributed by atoms with Crippen LogP contribution in [0.25, 0.3) is 11.0 Å². The Morgan fingerprint density at radius 3 is 2.79 bits per heavy atom. The third kappa shape index (κ3) is 3.03. The number of thioether (sulfide) groups is 1. The highest BCUT2D eigenvalue weighted by Gasteiger charge is 2.16. The van der Waals surface area contributed by atoms with Gasteiger partial charge in [0.25, 0.3) is 0 Å². The summed E-state index contributed by atoms with van der Waals surface area (Å²) in [6, 6.07) is 2.16. The number of rotatable bonds is 5. The fourth-order valence-corrected chi connectivity index (χ4v) is 3.03. The molecule has 0 spiro atoms. The second-order valence-corrected chi connectivity index (χ2v) is 5.77. The topological polar surface area (TPSA) is 17.8 Å². The Balaban J connectivity index is 2.50. The molecule has 1 aromatic heterocycles. The van der Waals surface area contributed by atoms with Crippen LogP contribution in [-0.4, -0.2) is 21.6 Å². The molecule has 0 N–H and O–H groups in total. The van der Waals surface area contributed by atoms with Crippen LogP contribution >= 0.6 is 23.4 Å². The van der Waals surface area contributed by atoms with Gasteiger partial charge in [0.05, 0.1) is 11.4 Å². The molecule has 0 amide bonds. The molecule has 1 heterocycles. The predicted octanol–water partition coefficient (Wildman–Crippen LogP) is 4.05. The maximum atomic E-state index is 13.7. The van der Waals surface area contributed by atoms with Gasteiger partial charge in [-0.25, -0.2) is 13.8 Å². The van der Waals surface area contributed by atoms with Crippen molar-refractivity contribution in [1.29, 1.82) is 0 Å². The van der Waals surface area contributed by atoms with Crippen LogP contribution in [-0.2, 0) is 12.4 Å². The molecule has 0 aliphatic rings. The average molecular weight is 305 g/mol. The first kappa shape index (κ1) is 14.6. The smallest absolute Gasteiger partial charge is 0.153 e. The Bertz CT molecular complexity index is 586. The summed E-state index contributed by atoms with van der Waals surface area (Å²) in [6.45, 7) is 2.75. The van der Waals surface area contributed by atoms with E-state index in [1.807, 2.05) is 10.8 Å². The molecule has 1 aromatic carbocycles. The fourth-order valence-electron chi connectivity index (χ4n) is 2.15. The first-order chi connectivity index (χ1) is 9.06. The number of alkyl halides is 1. The lowest BCUT2D eigenvalue weighted by molar-refractivity contribution is 0.529. The van der Waals surface area contributed by atoms with Crippen LogP contribution in [0.15, 0.2) is 12.1 Å². The van der Waals surface area contributed by atoms with Crippen LogP contribution in [0.2, 0.25) is 0 Å². The molecule has 1 atom stereocenters. The van der Waals surface area contributed by atoms with Crippen molar-refractivity contribution in [3.8, 4) is 0 Å². The second-order valence-electron chi connectivity index (χ2n) is 4.59. The molecule has 6 heteroatoms. The van der Waals surface area contributed by atoms with Gasteiger partial charge in [-0.2, -0.15) is 11.8 Å². The van der Waals surface area contributed by atoms with Gasteiger partial charge in [-0.05, 0) is 24.0 Å². The SMILES string of the molecule is CSCC(C)Cn1c(CCl)nc2c(F)cc(F)cc21. The molecule has 2 nitrogen and oxygen atoms in total. The zero-order valence-corrected chi connectivity index (χ0v) is 12.4. The maximum Gasteiger partial charge on any atom is 0.153 e. The van der Waals surface area contributed by atoms with E-state index in [-0.39, 0.29) is 11.4 Å². The summed E-state index contributed by atoms with van der Waals surface area (Å²) >= 11 is 7.59. The molecular weight excluding hydrogens is 290 g/mol. The van der Waals surface area contributed by atoms with Crippen molar-refractivity contribution in [3.63, 3.8) is 0 Å². The number of nitrogens with zero attached hydrogens (tertiary/aromatic N) is 2. The Morgan fingerprint density at radius 2 is 2.16 bits per heavy atom. The molecule has 0 bridgehead atoms. The summed E-state index contributed by atoms with van der Waals surface area (Å²) < 4.78 is 28.9. The van der Waals surface area contributed by atoms with E-state index in [0.29, 0.717) is 23.8 Å². The zero-order valence-electron chi connectivity index (χ0n) is 10.8. The van der Waals surface area contributed by atoms with Crippen LogP contribution in [0.4, 0.5) is 8.78 Å². The quantitative estimate of drug-likeness (QED) is 0.776.